The minimum atomic E-state index is -0.498. The van der Waals surface area contributed by atoms with E-state index in [0.717, 1.165) is 27.8 Å². The van der Waals surface area contributed by atoms with Crippen LogP contribution < -0.4 is 4.74 Å². The van der Waals surface area contributed by atoms with Crippen molar-refractivity contribution in [2.45, 2.75) is 20.1 Å². The van der Waals surface area contributed by atoms with Crippen LogP contribution in [0.15, 0.2) is 74.5 Å². The van der Waals surface area contributed by atoms with E-state index < -0.39 is 16.1 Å². The van der Waals surface area contributed by atoms with Gasteiger partial charge in [0, 0.05) is 12.1 Å². The van der Waals surface area contributed by atoms with Crippen molar-refractivity contribution in [2.24, 2.45) is 0 Å². The van der Waals surface area contributed by atoms with E-state index in [1.165, 1.54) is 24.3 Å². The highest BCUT2D eigenvalue weighted by Crippen LogP contribution is 2.38. The van der Waals surface area contributed by atoms with E-state index in [9.17, 15) is 19.7 Å². The lowest BCUT2D eigenvalue weighted by Crippen LogP contribution is -2.27. The number of carbonyl (C=O) groups is 2. The highest BCUT2D eigenvalue weighted by molar-refractivity contribution is 9.11. The summed E-state index contributed by atoms with van der Waals surface area (Å²) in [5, 5.41) is 10.4. The molecule has 0 bridgehead atoms. The molecule has 0 aliphatic carbocycles. The van der Waals surface area contributed by atoms with Gasteiger partial charge in [0.05, 0.1) is 25.3 Å². The van der Waals surface area contributed by atoms with Crippen molar-refractivity contribution in [1.82, 2.24) is 4.90 Å². The molecule has 1 aliphatic heterocycles. The van der Waals surface area contributed by atoms with Crippen molar-refractivity contribution >= 4 is 66.5 Å². The Kier molecular flexibility index (Phi) is 7.73. The number of nitro groups is 1. The number of amides is 2. The lowest BCUT2D eigenvalue weighted by Gasteiger charge is -2.13. The molecule has 0 unspecified atom stereocenters. The van der Waals surface area contributed by atoms with Crippen LogP contribution in [0.3, 0.4) is 0 Å². The van der Waals surface area contributed by atoms with Crippen LogP contribution in [0.2, 0.25) is 0 Å². The number of nitro benzene ring substituents is 1. The molecular formula is C25H18Br2N2O5S. The largest absolute Gasteiger partial charge is 0.487 e. The van der Waals surface area contributed by atoms with Gasteiger partial charge in [0.2, 0.25) is 0 Å². The van der Waals surface area contributed by atoms with Crippen molar-refractivity contribution in [3.8, 4) is 5.75 Å². The van der Waals surface area contributed by atoms with Crippen molar-refractivity contribution in [3.63, 3.8) is 0 Å². The average molecular weight is 618 g/mol. The standard InChI is InChI=1S/C25H18Br2N2O5S/c1-15-3-2-4-17(9-15)14-34-23-20(26)10-18(11-21(23)27)12-22-24(30)28(25(31)35-22)13-16-5-7-19(8-6-16)29(32)33/h2-12H,13-14H2,1H3/b22-12-. The molecule has 0 spiro atoms. The van der Waals surface area contributed by atoms with Crippen LogP contribution in [0, 0.1) is 17.0 Å². The molecule has 0 N–H and O–H groups in total. The lowest BCUT2D eigenvalue weighted by atomic mass is 10.1. The number of non-ortho nitro benzene ring substituents is 1. The third-order valence-electron chi connectivity index (χ3n) is 5.15. The summed E-state index contributed by atoms with van der Waals surface area (Å²) in [5.74, 6) is 0.223. The summed E-state index contributed by atoms with van der Waals surface area (Å²) in [5.41, 5.74) is 3.49. The fourth-order valence-electron chi connectivity index (χ4n) is 3.45. The number of halogens is 2. The zero-order valence-corrected chi connectivity index (χ0v) is 22.4. The van der Waals surface area contributed by atoms with Crippen LogP contribution in [0.4, 0.5) is 10.5 Å². The van der Waals surface area contributed by atoms with Gasteiger partial charge in [-0.25, -0.2) is 0 Å². The van der Waals surface area contributed by atoms with Gasteiger partial charge in [0.25, 0.3) is 16.8 Å². The van der Waals surface area contributed by atoms with Crippen LogP contribution in [-0.4, -0.2) is 21.0 Å². The van der Waals surface area contributed by atoms with Gasteiger partial charge < -0.3 is 4.74 Å². The molecule has 178 valence electrons. The van der Waals surface area contributed by atoms with Gasteiger partial charge in [-0.2, -0.15) is 0 Å². The second-order valence-corrected chi connectivity index (χ2v) is 10.5. The third-order valence-corrected chi connectivity index (χ3v) is 7.23. The Balaban J connectivity index is 1.48. The summed E-state index contributed by atoms with van der Waals surface area (Å²) in [4.78, 5) is 37.1. The third kappa shape index (κ3) is 6.01. The summed E-state index contributed by atoms with van der Waals surface area (Å²) >= 11 is 7.92. The number of thioether (sulfide) groups is 1. The Labute approximate surface area is 222 Å². The number of hydrogen-bond donors (Lipinski definition) is 0. The Hall–Kier alpha value is -2.95. The first-order valence-corrected chi connectivity index (χ1v) is 12.8. The maximum Gasteiger partial charge on any atom is 0.293 e. The molecule has 7 nitrogen and oxygen atoms in total. The average Bonchev–Trinajstić information content (AvgIpc) is 3.06. The van der Waals surface area contributed by atoms with Crippen LogP contribution in [0.25, 0.3) is 6.08 Å². The van der Waals surface area contributed by atoms with Gasteiger partial charge >= 0.3 is 0 Å². The molecule has 1 heterocycles. The summed E-state index contributed by atoms with van der Waals surface area (Å²) < 4.78 is 7.40. The summed E-state index contributed by atoms with van der Waals surface area (Å²) in [7, 11) is 0. The first-order valence-electron chi connectivity index (χ1n) is 10.4. The van der Waals surface area contributed by atoms with E-state index in [2.05, 4.69) is 37.9 Å². The van der Waals surface area contributed by atoms with Gasteiger partial charge in [-0.05, 0) is 85.4 Å². The maximum atomic E-state index is 12.9. The minimum Gasteiger partial charge on any atom is -0.487 e. The molecule has 4 rings (SSSR count). The predicted octanol–water partition coefficient (Wildman–Crippen LogP) is 7.24. The molecule has 1 saturated heterocycles. The molecule has 0 saturated carbocycles. The molecule has 0 atom stereocenters. The zero-order chi connectivity index (χ0) is 25.1. The van der Waals surface area contributed by atoms with Gasteiger partial charge in [-0.3, -0.25) is 24.6 Å². The highest BCUT2D eigenvalue weighted by atomic mass is 79.9. The van der Waals surface area contributed by atoms with E-state index >= 15 is 0 Å². The topological polar surface area (TPSA) is 89.8 Å². The first kappa shape index (κ1) is 25.2. The van der Waals surface area contributed by atoms with Gasteiger partial charge in [-0.15, -0.1) is 0 Å². The molecule has 2 amide bonds. The molecule has 0 radical (unpaired) electrons. The first-order chi connectivity index (χ1) is 16.7. The normalized spacial score (nSPS) is 14.6. The van der Waals surface area contributed by atoms with Crippen molar-refractivity contribution in [3.05, 3.63) is 107 Å². The van der Waals surface area contributed by atoms with Crippen LogP contribution >= 0.6 is 43.6 Å². The number of nitrogens with zero attached hydrogens (tertiary/aromatic N) is 2. The van der Waals surface area contributed by atoms with Crippen LogP contribution in [0.1, 0.15) is 22.3 Å². The zero-order valence-electron chi connectivity index (χ0n) is 18.4. The summed E-state index contributed by atoms with van der Waals surface area (Å²) in [6, 6.07) is 17.5. The number of aryl methyl sites for hydroxylation is 1. The second-order valence-electron chi connectivity index (χ2n) is 7.78. The molecular weight excluding hydrogens is 600 g/mol. The van der Waals surface area contributed by atoms with E-state index in [0.29, 0.717) is 37.3 Å². The van der Waals surface area contributed by atoms with Crippen molar-refractivity contribution < 1.29 is 19.2 Å². The van der Waals surface area contributed by atoms with Crippen molar-refractivity contribution in [2.75, 3.05) is 0 Å². The second kappa shape index (κ2) is 10.8. The molecule has 3 aromatic carbocycles. The summed E-state index contributed by atoms with van der Waals surface area (Å²) in [6.45, 7) is 2.47. The molecule has 3 aromatic rings. The van der Waals surface area contributed by atoms with Crippen molar-refractivity contribution in [1.29, 1.82) is 0 Å². The number of rotatable bonds is 7. The lowest BCUT2D eigenvalue weighted by molar-refractivity contribution is -0.384. The fraction of sp³-hybridized carbons (Fsp3) is 0.120. The minimum absolute atomic E-state index is 0.0408. The van der Waals surface area contributed by atoms with E-state index in [1.54, 1.807) is 6.08 Å². The number of hydrogen-bond acceptors (Lipinski definition) is 6. The quantitative estimate of drug-likeness (QED) is 0.158. The van der Waals surface area contributed by atoms with Crippen LogP contribution in [-0.2, 0) is 17.9 Å². The summed E-state index contributed by atoms with van der Waals surface area (Å²) in [6.07, 6.45) is 1.65. The Morgan fingerprint density at radius 1 is 1.03 bits per heavy atom. The smallest absolute Gasteiger partial charge is 0.293 e. The molecule has 35 heavy (non-hydrogen) atoms. The number of ether oxygens (including phenoxy) is 1. The van der Waals surface area contributed by atoms with E-state index in [4.69, 9.17) is 4.74 Å². The Morgan fingerprint density at radius 3 is 2.34 bits per heavy atom. The monoisotopic (exact) mass is 616 g/mol. The Bertz CT molecular complexity index is 1340. The molecule has 10 heteroatoms. The van der Waals surface area contributed by atoms with Gasteiger partial charge in [0.15, 0.2) is 0 Å². The van der Waals surface area contributed by atoms with Crippen LogP contribution in [0.5, 0.6) is 5.75 Å². The van der Waals surface area contributed by atoms with Gasteiger partial charge in [-0.1, -0.05) is 42.0 Å². The van der Waals surface area contributed by atoms with E-state index in [1.807, 2.05) is 37.3 Å². The number of benzene rings is 3. The molecule has 1 fully saturated rings. The predicted molar refractivity (Wildman–Crippen MR) is 142 cm³/mol. The fourth-order valence-corrected chi connectivity index (χ4v) is 5.74. The number of carbonyl (C=O) groups excluding carboxylic acids is 2. The Morgan fingerprint density at radius 2 is 1.71 bits per heavy atom. The molecule has 0 aromatic heterocycles. The SMILES string of the molecule is Cc1cccc(COc2c(Br)cc(/C=C3\SC(=O)N(Cc4ccc([N+](=O)[O-])cc4)C3=O)cc2Br)c1. The number of imide groups is 1. The highest BCUT2D eigenvalue weighted by Gasteiger charge is 2.35. The maximum absolute atomic E-state index is 12.9. The van der Waals surface area contributed by atoms with Gasteiger partial charge in [0.1, 0.15) is 12.4 Å². The van der Waals surface area contributed by atoms with E-state index in [-0.39, 0.29) is 12.2 Å². The molecule has 1 aliphatic rings.